The minimum atomic E-state index is -0.721. The predicted molar refractivity (Wildman–Crippen MR) is 79.0 cm³/mol. The molecule has 2 aromatic rings. The fraction of sp³-hybridized carbons (Fsp3) is 0.154. The molecular weight excluding hydrogens is 318 g/mol. The topological polar surface area (TPSA) is 80.9 Å². The minimum Gasteiger partial charge on any atom is -0.365 e. The van der Waals surface area contributed by atoms with Crippen LogP contribution in [0.2, 0.25) is 10.3 Å². The third-order valence-corrected chi connectivity index (χ3v) is 3.32. The Bertz CT molecular complexity index is 676. The third-order valence-electron chi connectivity index (χ3n) is 2.81. The smallest absolute Gasteiger partial charge is 0.254 e. The van der Waals surface area contributed by atoms with Gasteiger partial charge in [0.25, 0.3) is 5.91 Å². The van der Waals surface area contributed by atoms with Gasteiger partial charge in [-0.2, -0.15) is 4.98 Å². The number of primary amides is 1. The number of rotatable bonds is 4. The molecule has 1 aromatic carbocycles. The number of nitrogens with one attached hydrogen (secondary N) is 1. The molecule has 0 radical (unpaired) electrons. The molecule has 8 heteroatoms. The van der Waals surface area contributed by atoms with E-state index in [1.54, 1.807) is 13.0 Å². The van der Waals surface area contributed by atoms with Crippen molar-refractivity contribution in [1.29, 1.82) is 0 Å². The zero-order valence-electron chi connectivity index (χ0n) is 10.9. The van der Waals surface area contributed by atoms with Crippen molar-refractivity contribution in [2.75, 3.05) is 5.32 Å². The molecule has 0 aliphatic heterocycles. The summed E-state index contributed by atoms with van der Waals surface area (Å²) in [4.78, 5) is 18.9. The Hall–Kier alpha value is -1.92. The number of amides is 1. The fourth-order valence-electron chi connectivity index (χ4n) is 1.85. The molecule has 2 rings (SSSR count). The molecule has 1 heterocycles. The molecule has 0 aliphatic carbocycles. The molecule has 1 amide bonds. The predicted octanol–water partition coefficient (Wildman–Crippen LogP) is 3.19. The van der Waals surface area contributed by atoms with E-state index in [0.717, 1.165) is 0 Å². The lowest BCUT2D eigenvalue weighted by Crippen LogP contribution is -2.18. The van der Waals surface area contributed by atoms with Crippen LogP contribution in [0, 0.1) is 5.82 Å². The molecule has 5 nitrogen and oxygen atoms in total. The largest absolute Gasteiger partial charge is 0.365 e. The molecular formula is C13H11Cl2FN4O. The average molecular weight is 329 g/mol. The number of hydrogen-bond acceptors (Lipinski definition) is 4. The van der Waals surface area contributed by atoms with Crippen LogP contribution < -0.4 is 11.1 Å². The van der Waals surface area contributed by atoms with Crippen LogP contribution in [-0.4, -0.2) is 15.9 Å². The van der Waals surface area contributed by atoms with Gasteiger partial charge in [0, 0.05) is 16.8 Å². The highest BCUT2D eigenvalue weighted by molar-refractivity contribution is 6.31. The van der Waals surface area contributed by atoms with E-state index in [1.165, 1.54) is 18.3 Å². The van der Waals surface area contributed by atoms with E-state index >= 15 is 0 Å². The Morgan fingerprint density at radius 2 is 2.14 bits per heavy atom. The number of anilines is 1. The van der Waals surface area contributed by atoms with Gasteiger partial charge < -0.3 is 11.1 Å². The van der Waals surface area contributed by atoms with Crippen LogP contribution in [0.3, 0.4) is 0 Å². The normalized spacial score (nSPS) is 12.0. The van der Waals surface area contributed by atoms with E-state index in [2.05, 4.69) is 15.3 Å². The molecule has 3 N–H and O–H groups in total. The summed E-state index contributed by atoms with van der Waals surface area (Å²) in [5, 5.41) is 3.07. The summed E-state index contributed by atoms with van der Waals surface area (Å²) in [6.07, 6.45) is 1.20. The van der Waals surface area contributed by atoms with E-state index in [9.17, 15) is 9.18 Å². The quantitative estimate of drug-likeness (QED) is 0.844. The Balaban J connectivity index is 2.38. The number of aromatic nitrogens is 2. The van der Waals surface area contributed by atoms with Gasteiger partial charge in [-0.15, -0.1) is 0 Å². The van der Waals surface area contributed by atoms with Crippen LogP contribution in [0.1, 0.15) is 28.9 Å². The first-order valence-electron chi connectivity index (χ1n) is 5.93. The Morgan fingerprint density at radius 3 is 2.76 bits per heavy atom. The first kappa shape index (κ1) is 15.5. The van der Waals surface area contributed by atoms with Crippen LogP contribution >= 0.6 is 23.2 Å². The van der Waals surface area contributed by atoms with Crippen molar-refractivity contribution >= 4 is 34.9 Å². The van der Waals surface area contributed by atoms with Gasteiger partial charge in [0.05, 0.1) is 11.6 Å². The van der Waals surface area contributed by atoms with Crippen LogP contribution in [-0.2, 0) is 0 Å². The highest BCUT2D eigenvalue weighted by atomic mass is 35.5. The Labute approximate surface area is 130 Å². The summed E-state index contributed by atoms with van der Waals surface area (Å²) in [7, 11) is 0. The van der Waals surface area contributed by atoms with Crippen molar-refractivity contribution in [2.45, 2.75) is 13.0 Å². The van der Waals surface area contributed by atoms with Crippen LogP contribution in [0.15, 0.2) is 24.4 Å². The SMILES string of the molecule is CC(Nc1nc(Cl)ncc1C(N)=O)c1c(F)cccc1Cl. The first-order chi connectivity index (χ1) is 9.90. The van der Waals surface area contributed by atoms with Gasteiger partial charge in [0.1, 0.15) is 11.6 Å². The summed E-state index contributed by atoms with van der Waals surface area (Å²) >= 11 is 11.7. The number of benzene rings is 1. The summed E-state index contributed by atoms with van der Waals surface area (Å²) in [6, 6.07) is 3.81. The van der Waals surface area contributed by atoms with Gasteiger partial charge in [-0.1, -0.05) is 17.7 Å². The van der Waals surface area contributed by atoms with E-state index in [0.29, 0.717) is 0 Å². The second-order valence-corrected chi connectivity index (χ2v) is 5.01. The minimum absolute atomic E-state index is 0.0544. The maximum absolute atomic E-state index is 13.9. The maximum Gasteiger partial charge on any atom is 0.254 e. The maximum atomic E-state index is 13.9. The second kappa shape index (κ2) is 6.24. The number of carbonyl (C=O) groups excluding carboxylic acids is 1. The van der Waals surface area contributed by atoms with Crippen molar-refractivity contribution in [3.63, 3.8) is 0 Å². The zero-order valence-corrected chi connectivity index (χ0v) is 12.4. The fourth-order valence-corrected chi connectivity index (χ4v) is 2.31. The summed E-state index contributed by atoms with van der Waals surface area (Å²) in [5.74, 6) is -1.07. The third kappa shape index (κ3) is 3.40. The first-order valence-corrected chi connectivity index (χ1v) is 6.68. The lowest BCUT2D eigenvalue weighted by Gasteiger charge is -2.18. The van der Waals surface area contributed by atoms with E-state index in [1.807, 2.05) is 0 Å². The summed E-state index contributed by atoms with van der Waals surface area (Å²) in [6.45, 7) is 1.67. The molecule has 0 spiro atoms. The number of carbonyl (C=O) groups is 1. The monoisotopic (exact) mass is 328 g/mol. The molecule has 0 bridgehead atoms. The highest BCUT2D eigenvalue weighted by Crippen LogP contribution is 2.28. The number of nitrogens with zero attached hydrogens (tertiary/aromatic N) is 2. The average Bonchev–Trinajstić information content (AvgIpc) is 2.38. The van der Waals surface area contributed by atoms with Gasteiger partial charge in [-0.3, -0.25) is 4.79 Å². The van der Waals surface area contributed by atoms with Crippen LogP contribution in [0.25, 0.3) is 0 Å². The Kier molecular flexibility index (Phi) is 4.59. The van der Waals surface area contributed by atoms with Crippen molar-refractivity contribution in [1.82, 2.24) is 9.97 Å². The molecule has 110 valence electrons. The standard InChI is InChI=1S/C13H11Cl2FN4O/c1-6(10-8(14)3-2-4-9(10)16)19-12-7(11(17)21)5-18-13(15)20-12/h2-6H,1H3,(H2,17,21)(H,18,19,20). The summed E-state index contributed by atoms with van der Waals surface area (Å²) in [5.41, 5.74) is 5.55. The number of hydrogen-bond donors (Lipinski definition) is 2. The van der Waals surface area contributed by atoms with Gasteiger partial charge in [-0.05, 0) is 30.7 Å². The molecule has 0 saturated carbocycles. The lowest BCUT2D eigenvalue weighted by molar-refractivity contribution is 0.100. The van der Waals surface area contributed by atoms with E-state index in [-0.39, 0.29) is 27.3 Å². The molecule has 1 aromatic heterocycles. The van der Waals surface area contributed by atoms with E-state index in [4.69, 9.17) is 28.9 Å². The van der Waals surface area contributed by atoms with Crippen molar-refractivity contribution in [3.05, 3.63) is 51.6 Å². The summed E-state index contributed by atoms with van der Waals surface area (Å²) < 4.78 is 13.9. The molecule has 0 fully saturated rings. The van der Waals surface area contributed by atoms with Gasteiger partial charge in [0.2, 0.25) is 5.28 Å². The molecule has 0 aliphatic rings. The van der Waals surface area contributed by atoms with E-state index < -0.39 is 17.8 Å². The van der Waals surface area contributed by atoms with Crippen LogP contribution in [0.5, 0.6) is 0 Å². The number of halogens is 3. The van der Waals surface area contributed by atoms with Crippen molar-refractivity contribution in [2.24, 2.45) is 5.73 Å². The molecule has 21 heavy (non-hydrogen) atoms. The highest BCUT2D eigenvalue weighted by Gasteiger charge is 2.18. The van der Waals surface area contributed by atoms with Crippen molar-refractivity contribution < 1.29 is 9.18 Å². The molecule has 1 atom stereocenters. The Morgan fingerprint density at radius 1 is 1.43 bits per heavy atom. The lowest BCUT2D eigenvalue weighted by atomic mass is 10.1. The number of nitrogens with two attached hydrogens (primary N) is 1. The van der Waals surface area contributed by atoms with Gasteiger partial charge in [-0.25, -0.2) is 9.37 Å². The van der Waals surface area contributed by atoms with Gasteiger partial charge in [0.15, 0.2) is 0 Å². The van der Waals surface area contributed by atoms with Crippen LogP contribution in [0.4, 0.5) is 10.2 Å². The van der Waals surface area contributed by atoms with Gasteiger partial charge >= 0.3 is 0 Å². The van der Waals surface area contributed by atoms with Crippen molar-refractivity contribution in [3.8, 4) is 0 Å². The second-order valence-electron chi connectivity index (χ2n) is 4.27. The molecule has 1 unspecified atom stereocenters. The molecule has 0 saturated heterocycles. The zero-order chi connectivity index (χ0) is 15.6.